The van der Waals surface area contributed by atoms with Gasteiger partial charge in [-0.1, -0.05) is 31.7 Å². The molecule has 1 fully saturated rings. The third kappa shape index (κ3) is 4.75. The van der Waals surface area contributed by atoms with Crippen LogP contribution in [0, 0.1) is 12.8 Å². The molecule has 0 saturated carbocycles. The molecule has 3 rings (SSSR count). The smallest absolute Gasteiger partial charge is 0.349 e. The Bertz CT molecular complexity index is 1090. The third-order valence-electron chi connectivity index (χ3n) is 5.87. The largest absolute Gasteiger partial charge is 0.488 e. The quantitative estimate of drug-likeness (QED) is 0.267. The van der Waals surface area contributed by atoms with Gasteiger partial charge in [-0.3, -0.25) is 0 Å². The van der Waals surface area contributed by atoms with Gasteiger partial charge in [-0.25, -0.2) is 4.79 Å². The number of nitrogens with zero attached hydrogens (tertiary/aromatic N) is 1. The number of aliphatic hydroxyl groups excluding tert-OH is 2. The first-order valence-corrected chi connectivity index (χ1v) is 10.9. The highest BCUT2D eigenvalue weighted by Gasteiger charge is 2.43. The first kappa shape index (κ1) is 24.8. The van der Waals surface area contributed by atoms with Gasteiger partial charge in [0.25, 0.3) is 0 Å². The average Bonchev–Trinajstić information content (AvgIpc) is 2.79. The number of aryl methyl sites for hydroxylation is 1. The van der Waals surface area contributed by atoms with E-state index in [1.54, 1.807) is 32.1 Å². The van der Waals surface area contributed by atoms with Crippen molar-refractivity contribution in [2.45, 2.75) is 58.7 Å². The standard InChI is InChI=1S/C24H31NO8/c1-7-11-30-22-15-9-10-17(32-24-20(27)19(26)12(3)16(8-2)31-24)13(4)21(15)33-23(28)18(22)14(5)25-29-6/h7,9-10,12,16,19-20,24,26-27H,1,8,11H2,2-6H3/b25-14+/t12?,16-,19?,20?,24?/m0/s1. The van der Waals surface area contributed by atoms with Crippen LogP contribution < -0.4 is 15.1 Å². The van der Waals surface area contributed by atoms with Crippen LogP contribution in [0.5, 0.6) is 11.5 Å². The molecule has 0 aliphatic carbocycles. The number of rotatable bonds is 8. The molecule has 1 aromatic heterocycles. The lowest BCUT2D eigenvalue weighted by Gasteiger charge is -2.41. The zero-order valence-corrected chi connectivity index (χ0v) is 19.5. The lowest BCUT2D eigenvalue weighted by Crippen LogP contribution is -2.55. The topological polar surface area (TPSA) is 120 Å². The highest BCUT2D eigenvalue weighted by Crippen LogP contribution is 2.36. The Morgan fingerprint density at radius 1 is 1.30 bits per heavy atom. The van der Waals surface area contributed by atoms with Gasteiger partial charge in [0.2, 0.25) is 6.29 Å². The lowest BCUT2D eigenvalue weighted by molar-refractivity contribution is -0.255. The van der Waals surface area contributed by atoms with Crippen molar-refractivity contribution in [3.63, 3.8) is 0 Å². The Balaban J connectivity index is 2.07. The number of hydrogen-bond acceptors (Lipinski definition) is 9. The molecule has 180 valence electrons. The van der Waals surface area contributed by atoms with Crippen LogP contribution in [0.25, 0.3) is 11.0 Å². The van der Waals surface area contributed by atoms with Gasteiger partial charge >= 0.3 is 5.63 Å². The number of fused-ring (bicyclic) bond motifs is 1. The second-order valence-corrected chi connectivity index (χ2v) is 8.03. The fraction of sp³-hybridized carbons (Fsp3) is 0.500. The summed E-state index contributed by atoms with van der Waals surface area (Å²) in [4.78, 5) is 17.7. The molecule has 1 aromatic carbocycles. The third-order valence-corrected chi connectivity index (χ3v) is 5.87. The van der Waals surface area contributed by atoms with Crippen LogP contribution in [-0.2, 0) is 9.57 Å². The fourth-order valence-electron chi connectivity index (χ4n) is 4.03. The Hall–Kier alpha value is -2.88. The molecule has 0 spiro atoms. The van der Waals surface area contributed by atoms with Crippen LogP contribution in [0.15, 0.2) is 39.2 Å². The van der Waals surface area contributed by atoms with E-state index >= 15 is 0 Å². The van der Waals surface area contributed by atoms with E-state index in [4.69, 9.17) is 23.5 Å². The molecule has 1 aliphatic heterocycles. The summed E-state index contributed by atoms with van der Waals surface area (Å²) in [6.07, 6.45) is -1.34. The normalized spacial score (nSPS) is 25.7. The number of oxime groups is 1. The van der Waals surface area contributed by atoms with Crippen molar-refractivity contribution >= 4 is 16.7 Å². The van der Waals surface area contributed by atoms with Crippen molar-refractivity contribution in [2.24, 2.45) is 11.1 Å². The maximum atomic E-state index is 12.9. The van der Waals surface area contributed by atoms with Gasteiger partial charge in [0, 0.05) is 11.5 Å². The minimum atomic E-state index is -1.23. The minimum Gasteiger partial charge on any atom is -0.488 e. The average molecular weight is 462 g/mol. The Morgan fingerprint density at radius 2 is 2.03 bits per heavy atom. The zero-order valence-electron chi connectivity index (χ0n) is 19.5. The van der Waals surface area contributed by atoms with Crippen molar-refractivity contribution in [2.75, 3.05) is 13.7 Å². The summed E-state index contributed by atoms with van der Waals surface area (Å²) in [7, 11) is 1.38. The Morgan fingerprint density at radius 3 is 2.67 bits per heavy atom. The summed E-state index contributed by atoms with van der Waals surface area (Å²) in [6.45, 7) is 10.9. The summed E-state index contributed by atoms with van der Waals surface area (Å²) in [5.41, 5.74) is 0.574. The minimum absolute atomic E-state index is 0.146. The van der Waals surface area contributed by atoms with Crippen molar-refractivity contribution in [1.82, 2.24) is 0 Å². The van der Waals surface area contributed by atoms with Gasteiger partial charge in [0.15, 0.2) is 0 Å². The van der Waals surface area contributed by atoms with Gasteiger partial charge in [-0.15, -0.1) is 0 Å². The number of benzene rings is 1. The van der Waals surface area contributed by atoms with Gasteiger partial charge in [0.1, 0.15) is 42.5 Å². The molecule has 2 aromatic rings. The number of ether oxygens (including phenoxy) is 3. The molecule has 9 heteroatoms. The summed E-state index contributed by atoms with van der Waals surface area (Å²) in [5, 5.41) is 25.3. The van der Waals surface area contributed by atoms with Gasteiger partial charge in [0.05, 0.1) is 23.3 Å². The van der Waals surface area contributed by atoms with Gasteiger partial charge in [-0.05, 0) is 32.4 Å². The van der Waals surface area contributed by atoms with Crippen LogP contribution in [0.4, 0.5) is 0 Å². The summed E-state index contributed by atoms with van der Waals surface area (Å²) < 4.78 is 23.3. The van der Waals surface area contributed by atoms with Gasteiger partial charge in [-0.2, -0.15) is 0 Å². The van der Waals surface area contributed by atoms with Crippen molar-refractivity contribution < 1.29 is 33.7 Å². The van der Waals surface area contributed by atoms with Crippen molar-refractivity contribution in [1.29, 1.82) is 0 Å². The van der Waals surface area contributed by atoms with Crippen molar-refractivity contribution in [3.05, 3.63) is 46.3 Å². The van der Waals surface area contributed by atoms with Crippen LogP contribution in [0.3, 0.4) is 0 Å². The molecule has 4 unspecified atom stereocenters. The SMILES string of the molecule is C=CCOc1c(/C(C)=N/OC)c(=O)oc2c(C)c(OC3O[C@@H](CC)C(C)C(O)C3O)ccc12. The van der Waals surface area contributed by atoms with E-state index < -0.39 is 24.1 Å². The summed E-state index contributed by atoms with van der Waals surface area (Å²) in [5.74, 6) is 0.398. The molecule has 1 saturated heterocycles. The van der Waals surface area contributed by atoms with E-state index in [0.29, 0.717) is 34.6 Å². The van der Waals surface area contributed by atoms with Crippen LogP contribution in [0.1, 0.15) is 38.3 Å². The van der Waals surface area contributed by atoms with Gasteiger partial charge < -0.3 is 33.7 Å². The van der Waals surface area contributed by atoms with Crippen LogP contribution in [-0.4, -0.2) is 54.2 Å². The first-order chi connectivity index (χ1) is 15.7. The lowest BCUT2D eigenvalue weighted by atomic mass is 9.89. The Labute approximate surface area is 192 Å². The molecular formula is C24H31NO8. The second-order valence-electron chi connectivity index (χ2n) is 8.03. The maximum absolute atomic E-state index is 12.9. The predicted octanol–water partition coefficient (Wildman–Crippen LogP) is 2.91. The molecule has 33 heavy (non-hydrogen) atoms. The molecule has 9 nitrogen and oxygen atoms in total. The van der Waals surface area contributed by atoms with E-state index in [2.05, 4.69) is 11.7 Å². The molecule has 0 bridgehead atoms. The highest BCUT2D eigenvalue weighted by molar-refractivity contribution is 6.05. The molecule has 2 heterocycles. The van der Waals surface area contributed by atoms with E-state index in [1.165, 1.54) is 7.11 Å². The van der Waals surface area contributed by atoms with E-state index in [9.17, 15) is 15.0 Å². The molecule has 2 N–H and O–H groups in total. The molecular weight excluding hydrogens is 430 g/mol. The fourth-order valence-corrected chi connectivity index (χ4v) is 4.03. The van der Waals surface area contributed by atoms with E-state index in [1.807, 2.05) is 13.8 Å². The number of hydrogen-bond donors (Lipinski definition) is 2. The van der Waals surface area contributed by atoms with E-state index in [0.717, 1.165) is 0 Å². The van der Waals surface area contributed by atoms with Crippen molar-refractivity contribution in [3.8, 4) is 11.5 Å². The van der Waals surface area contributed by atoms with E-state index in [-0.39, 0.29) is 29.8 Å². The number of aliphatic hydroxyl groups is 2. The summed E-state index contributed by atoms with van der Waals surface area (Å²) in [6, 6.07) is 3.36. The molecule has 0 radical (unpaired) electrons. The first-order valence-electron chi connectivity index (χ1n) is 10.9. The predicted molar refractivity (Wildman–Crippen MR) is 123 cm³/mol. The maximum Gasteiger partial charge on any atom is 0.349 e. The van der Waals surface area contributed by atoms with Crippen LogP contribution in [0.2, 0.25) is 0 Å². The zero-order chi connectivity index (χ0) is 24.3. The molecule has 1 aliphatic rings. The highest BCUT2D eigenvalue weighted by atomic mass is 16.7. The summed E-state index contributed by atoms with van der Waals surface area (Å²) >= 11 is 0. The molecule has 5 atom stereocenters. The van der Waals surface area contributed by atoms with Crippen LogP contribution >= 0.6 is 0 Å². The monoisotopic (exact) mass is 461 g/mol. The Kier molecular flexibility index (Phi) is 7.78. The molecule has 0 amide bonds. The second kappa shape index (κ2) is 10.4.